The highest BCUT2D eigenvalue weighted by Crippen LogP contribution is 2.19. The zero-order chi connectivity index (χ0) is 16.1. The van der Waals surface area contributed by atoms with E-state index in [4.69, 9.17) is 12.2 Å². The summed E-state index contributed by atoms with van der Waals surface area (Å²) in [6.07, 6.45) is 1.24. The summed E-state index contributed by atoms with van der Waals surface area (Å²) in [5, 5.41) is 7.18. The fourth-order valence-electron chi connectivity index (χ4n) is 1.92. The number of rotatable bonds is 3. The second kappa shape index (κ2) is 7.09. The van der Waals surface area contributed by atoms with Gasteiger partial charge in [0.05, 0.1) is 6.21 Å². The minimum atomic E-state index is -0.681. The molecule has 0 saturated heterocycles. The number of benzene rings is 2. The van der Waals surface area contributed by atoms with Gasteiger partial charge in [-0.3, -0.25) is 5.43 Å². The van der Waals surface area contributed by atoms with Crippen LogP contribution in [0.1, 0.15) is 16.7 Å². The number of hydrazone groups is 1. The number of halogens is 2. The van der Waals surface area contributed by atoms with Crippen LogP contribution in [0, 0.1) is 25.5 Å². The lowest BCUT2D eigenvalue weighted by molar-refractivity contribution is 0.582. The fourth-order valence-corrected chi connectivity index (χ4v) is 2.07. The molecule has 6 heteroatoms. The Hall–Kier alpha value is -2.34. The topological polar surface area (TPSA) is 36.4 Å². The van der Waals surface area contributed by atoms with Gasteiger partial charge in [0.15, 0.2) is 5.11 Å². The Balaban J connectivity index is 1.99. The van der Waals surface area contributed by atoms with E-state index >= 15 is 0 Å². The number of hydrogen-bond donors (Lipinski definition) is 2. The molecule has 2 N–H and O–H groups in total. The summed E-state index contributed by atoms with van der Waals surface area (Å²) in [6, 6.07) is 9.16. The van der Waals surface area contributed by atoms with Crippen molar-refractivity contribution < 1.29 is 8.78 Å². The standard InChI is InChI=1S/C16H15F2N3S/c1-10-4-3-5-11(2)15(10)20-16(22)21-19-9-12-6-7-13(17)8-14(12)18/h3-9H,1-2H3,(H2,20,21,22)/b19-9-. The van der Waals surface area contributed by atoms with Gasteiger partial charge >= 0.3 is 0 Å². The van der Waals surface area contributed by atoms with Gasteiger partial charge in [-0.05, 0) is 49.3 Å². The van der Waals surface area contributed by atoms with E-state index < -0.39 is 11.6 Å². The highest BCUT2D eigenvalue weighted by Gasteiger charge is 2.04. The van der Waals surface area contributed by atoms with Crippen LogP contribution in [0.5, 0.6) is 0 Å². The molecule has 0 spiro atoms. The summed E-state index contributed by atoms with van der Waals surface area (Å²) < 4.78 is 26.2. The largest absolute Gasteiger partial charge is 0.331 e. The summed E-state index contributed by atoms with van der Waals surface area (Å²) in [7, 11) is 0. The fraction of sp³-hybridized carbons (Fsp3) is 0.125. The average molecular weight is 319 g/mol. The predicted octanol–water partition coefficient (Wildman–Crippen LogP) is 3.90. The van der Waals surface area contributed by atoms with Crippen molar-refractivity contribution in [3.63, 3.8) is 0 Å². The molecule has 0 bridgehead atoms. The minimum absolute atomic E-state index is 0.170. The monoisotopic (exact) mass is 319 g/mol. The van der Waals surface area contributed by atoms with E-state index in [0.29, 0.717) is 0 Å². The van der Waals surface area contributed by atoms with E-state index in [1.54, 1.807) is 0 Å². The Morgan fingerprint density at radius 3 is 2.45 bits per heavy atom. The molecule has 2 aromatic rings. The third-order valence-electron chi connectivity index (χ3n) is 3.05. The van der Waals surface area contributed by atoms with E-state index in [1.807, 2.05) is 32.0 Å². The van der Waals surface area contributed by atoms with Crippen LogP contribution in [0.25, 0.3) is 0 Å². The van der Waals surface area contributed by atoms with Gasteiger partial charge < -0.3 is 5.32 Å². The number of thiocarbonyl (C=S) groups is 1. The van der Waals surface area contributed by atoms with E-state index in [1.165, 1.54) is 12.3 Å². The van der Waals surface area contributed by atoms with E-state index in [0.717, 1.165) is 28.9 Å². The van der Waals surface area contributed by atoms with Crippen molar-refractivity contribution in [2.45, 2.75) is 13.8 Å². The quantitative estimate of drug-likeness (QED) is 0.512. The van der Waals surface area contributed by atoms with E-state index in [-0.39, 0.29) is 10.7 Å². The number of nitrogens with zero attached hydrogens (tertiary/aromatic N) is 1. The van der Waals surface area contributed by atoms with Crippen molar-refractivity contribution in [2.75, 3.05) is 5.32 Å². The summed E-state index contributed by atoms with van der Waals surface area (Å²) in [5.41, 5.74) is 5.79. The molecule has 0 aliphatic rings. The lowest BCUT2D eigenvalue weighted by Crippen LogP contribution is -2.24. The first-order valence-corrected chi connectivity index (χ1v) is 6.99. The first kappa shape index (κ1) is 16.0. The van der Waals surface area contributed by atoms with E-state index in [9.17, 15) is 8.78 Å². The summed E-state index contributed by atoms with van der Waals surface area (Å²) >= 11 is 5.13. The number of para-hydroxylation sites is 1. The smallest absolute Gasteiger partial charge is 0.191 e. The van der Waals surface area contributed by atoms with Crippen LogP contribution in [0.3, 0.4) is 0 Å². The number of hydrogen-bond acceptors (Lipinski definition) is 2. The van der Waals surface area contributed by atoms with Gasteiger partial charge in [-0.1, -0.05) is 18.2 Å². The number of aryl methyl sites for hydroxylation is 2. The number of nitrogens with one attached hydrogen (secondary N) is 2. The van der Waals surface area contributed by atoms with Crippen molar-refractivity contribution in [1.29, 1.82) is 0 Å². The van der Waals surface area contributed by atoms with Crippen molar-refractivity contribution in [2.24, 2.45) is 5.10 Å². The van der Waals surface area contributed by atoms with Crippen molar-refractivity contribution in [3.8, 4) is 0 Å². The normalized spacial score (nSPS) is 10.7. The van der Waals surface area contributed by atoms with Crippen molar-refractivity contribution >= 4 is 29.2 Å². The number of anilines is 1. The van der Waals surface area contributed by atoms with Crippen LogP contribution in [0.4, 0.5) is 14.5 Å². The van der Waals surface area contributed by atoms with Crippen LogP contribution in [-0.2, 0) is 0 Å². The van der Waals surface area contributed by atoms with Crippen LogP contribution in [0.2, 0.25) is 0 Å². The molecule has 0 heterocycles. The third-order valence-corrected chi connectivity index (χ3v) is 3.25. The summed E-state index contributed by atoms with van der Waals surface area (Å²) in [4.78, 5) is 0. The second-order valence-corrected chi connectivity index (χ2v) is 5.17. The van der Waals surface area contributed by atoms with Crippen LogP contribution >= 0.6 is 12.2 Å². The maximum Gasteiger partial charge on any atom is 0.191 e. The Bertz CT molecular complexity index is 709. The Morgan fingerprint density at radius 1 is 1.14 bits per heavy atom. The van der Waals surface area contributed by atoms with Gasteiger partial charge in [-0.25, -0.2) is 8.78 Å². The Morgan fingerprint density at radius 2 is 1.82 bits per heavy atom. The second-order valence-electron chi connectivity index (χ2n) is 4.76. The summed E-state index contributed by atoms with van der Waals surface area (Å²) in [5.74, 6) is -1.31. The lowest BCUT2D eigenvalue weighted by Gasteiger charge is -2.12. The molecule has 0 saturated carbocycles. The molecule has 0 amide bonds. The Kier molecular flexibility index (Phi) is 5.16. The zero-order valence-electron chi connectivity index (χ0n) is 12.2. The lowest BCUT2D eigenvalue weighted by atomic mass is 10.1. The molecule has 2 rings (SSSR count). The van der Waals surface area contributed by atoms with Gasteiger partial charge in [0, 0.05) is 17.3 Å². The molecule has 0 aliphatic heterocycles. The molecule has 0 aromatic heterocycles. The maximum absolute atomic E-state index is 13.4. The highest BCUT2D eigenvalue weighted by molar-refractivity contribution is 7.80. The first-order chi connectivity index (χ1) is 10.5. The SMILES string of the molecule is Cc1cccc(C)c1NC(=S)N/N=C\c1ccc(F)cc1F. The van der Waals surface area contributed by atoms with Gasteiger partial charge in [-0.15, -0.1) is 0 Å². The van der Waals surface area contributed by atoms with Crippen LogP contribution < -0.4 is 10.7 Å². The van der Waals surface area contributed by atoms with Crippen LogP contribution in [0.15, 0.2) is 41.5 Å². The average Bonchev–Trinajstić information content (AvgIpc) is 2.45. The molecule has 0 unspecified atom stereocenters. The third kappa shape index (κ3) is 4.08. The summed E-state index contributed by atoms with van der Waals surface area (Å²) in [6.45, 7) is 3.93. The predicted molar refractivity (Wildman–Crippen MR) is 89.2 cm³/mol. The van der Waals surface area contributed by atoms with Gasteiger partial charge in [0.1, 0.15) is 11.6 Å². The molecule has 0 radical (unpaired) electrons. The van der Waals surface area contributed by atoms with Crippen molar-refractivity contribution in [3.05, 3.63) is 64.7 Å². The van der Waals surface area contributed by atoms with Gasteiger partial charge in [0.25, 0.3) is 0 Å². The maximum atomic E-state index is 13.4. The first-order valence-electron chi connectivity index (χ1n) is 6.58. The molecular formula is C16H15F2N3S. The molecule has 0 fully saturated rings. The molecule has 0 atom stereocenters. The van der Waals surface area contributed by atoms with Gasteiger partial charge in [-0.2, -0.15) is 5.10 Å². The highest BCUT2D eigenvalue weighted by atomic mass is 32.1. The van der Waals surface area contributed by atoms with Crippen molar-refractivity contribution in [1.82, 2.24) is 5.43 Å². The molecule has 0 aliphatic carbocycles. The molecule has 22 heavy (non-hydrogen) atoms. The van der Waals surface area contributed by atoms with Gasteiger partial charge in [0.2, 0.25) is 0 Å². The zero-order valence-corrected chi connectivity index (χ0v) is 13.0. The van der Waals surface area contributed by atoms with Crippen LogP contribution in [-0.4, -0.2) is 11.3 Å². The van der Waals surface area contributed by atoms with E-state index in [2.05, 4.69) is 15.8 Å². The molecule has 114 valence electrons. The molecule has 2 aromatic carbocycles. The molecular weight excluding hydrogens is 304 g/mol. The molecule has 3 nitrogen and oxygen atoms in total. The Labute approximate surface area is 133 Å². The minimum Gasteiger partial charge on any atom is -0.331 e.